The molecule has 13 heavy (non-hydrogen) atoms. The first-order valence-corrected chi connectivity index (χ1v) is 4.89. The summed E-state index contributed by atoms with van der Waals surface area (Å²) >= 11 is 0. The molecule has 0 amide bonds. The van der Waals surface area contributed by atoms with Gasteiger partial charge in [-0.1, -0.05) is 0 Å². The molecule has 1 fully saturated rings. The number of rotatable bonds is 4. The van der Waals surface area contributed by atoms with Crippen LogP contribution in [0.2, 0.25) is 0 Å². The van der Waals surface area contributed by atoms with Gasteiger partial charge in [-0.15, -0.1) is 12.3 Å². The van der Waals surface area contributed by atoms with E-state index in [0.717, 1.165) is 32.3 Å². The minimum absolute atomic E-state index is 0.301. The highest BCUT2D eigenvalue weighted by Crippen LogP contribution is 2.17. The van der Waals surface area contributed by atoms with Crippen molar-refractivity contribution < 1.29 is 9.53 Å². The van der Waals surface area contributed by atoms with Crippen LogP contribution in [0.4, 0.5) is 0 Å². The molecule has 1 aliphatic rings. The van der Waals surface area contributed by atoms with Crippen molar-refractivity contribution in [2.24, 2.45) is 0 Å². The molecule has 0 spiro atoms. The Morgan fingerprint density at radius 1 is 1.46 bits per heavy atom. The highest BCUT2D eigenvalue weighted by molar-refractivity contribution is 5.79. The Morgan fingerprint density at radius 3 is 2.77 bits per heavy atom. The Balaban J connectivity index is 2.03. The second-order valence-electron chi connectivity index (χ2n) is 3.42. The van der Waals surface area contributed by atoms with Crippen molar-refractivity contribution in [3.05, 3.63) is 0 Å². The summed E-state index contributed by atoms with van der Waals surface area (Å²) in [5.74, 6) is 2.96. The van der Waals surface area contributed by atoms with Crippen LogP contribution in [0.3, 0.4) is 0 Å². The molecule has 72 valence electrons. The van der Waals surface area contributed by atoms with Crippen molar-refractivity contribution in [2.45, 2.75) is 44.6 Å². The lowest BCUT2D eigenvalue weighted by molar-refractivity contribution is -0.123. The first-order valence-electron chi connectivity index (χ1n) is 4.89. The number of carbonyl (C=O) groups is 1. The van der Waals surface area contributed by atoms with Gasteiger partial charge >= 0.3 is 0 Å². The van der Waals surface area contributed by atoms with Gasteiger partial charge in [-0.2, -0.15) is 0 Å². The fourth-order valence-corrected chi connectivity index (χ4v) is 1.50. The summed E-state index contributed by atoms with van der Waals surface area (Å²) < 4.78 is 5.59. The van der Waals surface area contributed by atoms with Gasteiger partial charge in [0.15, 0.2) is 0 Å². The van der Waals surface area contributed by atoms with Crippen molar-refractivity contribution in [3.63, 3.8) is 0 Å². The van der Waals surface area contributed by atoms with Crippen LogP contribution in [-0.4, -0.2) is 18.5 Å². The zero-order valence-electron chi connectivity index (χ0n) is 7.92. The molecule has 2 heteroatoms. The minimum atomic E-state index is 0.301. The van der Waals surface area contributed by atoms with Gasteiger partial charge in [-0.25, -0.2) is 0 Å². The van der Waals surface area contributed by atoms with E-state index in [1.807, 2.05) is 0 Å². The number of unbranched alkanes of at least 4 members (excludes halogenated alkanes) is 1. The lowest BCUT2D eigenvalue weighted by Gasteiger charge is -2.21. The van der Waals surface area contributed by atoms with Crippen molar-refractivity contribution in [1.82, 2.24) is 0 Å². The number of carbonyl (C=O) groups excluding carboxylic acids is 1. The summed E-state index contributed by atoms with van der Waals surface area (Å²) in [6.45, 7) is 0.739. The smallest absolute Gasteiger partial charge is 0.133 e. The molecule has 1 aliphatic carbocycles. The molecule has 0 unspecified atom stereocenters. The Bertz CT molecular complexity index is 193. The van der Waals surface area contributed by atoms with E-state index in [9.17, 15) is 4.79 Å². The average molecular weight is 180 g/mol. The molecule has 0 aromatic rings. The van der Waals surface area contributed by atoms with E-state index in [1.165, 1.54) is 0 Å². The summed E-state index contributed by atoms with van der Waals surface area (Å²) in [5.41, 5.74) is 0. The number of hydrogen-bond donors (Lipinski definition) is 0. The quantitative estimate of drug-likeness (QED) is 0.488. The van der Waals surface area contributed by atoms with E-state index in [2.05, 4.69) is 5.92 Å². The predicted molar refractivity (Wildman–Crippen MR) is 51.3 cm³/mol. The molecule has 0 atom stereocenters. The first-order chi connectivity index (χ1) is 6.33. The third-order valence-corrected chi connectivity index (χ3v) is 2.31. The summed E-state index contributed by atoms with van der Waals surface area (Å²) in [6, 6.07) is 0. The Kier molecular flexibility index (Phi) is 4.56. The van der Waals surface area contributed by atoms with Gasteiger partial charge < -0.3 is 4.74 Å². The Labute approximate surface area is 79.7 Å². The van der Waals surface area contributed by atoms with Gasteiger partial charge in [0.1, 0.15) is 5.78 Å². The van der Waals surface area contributed by atoms with Crippen LogP contribution in [0.5, 0.6) is 0 Å². The lowest BCUT2D eigenvalue weighted by atomic mass is 9.96. The molecule has 0 radical (unpaired) electrons. The molecule has 1 saturated carbocycles. The zero-order valence-corrected chi connectivity index (χ0v) is 7.92. The topological polar surface area (TPSA) is 26.3 Å². The van der Waals surface area contributed by atoms with E-state index in [4.69, 9.17) is 11.2 Å². The fraction of sp³-hybridized carbons (Fsp3) is 0.727. The van der Waals surface area contributed by atoms with Crippen molar-refractivity contribution in [2.75, 3.05) is 6.61 Å². The SMILES string of the molecule is C#CCCCOC1CCC(=O)CC1. The van der Waals surface area contributed by atoms with Crippen LogP contribution in [0, 0.1) is 12.3 Å². The van der Waals surface area contributed by atoms with Gasteiger partial charge in [0, 0.05) is 25.9 Å². The highest BCUT2D eigenvalue weighted by Gasteiger charge is 2.18. The average Bonchev–Trinajstić information content (AvgIpc) is 2.15. The molecule has 2 nitrogen and oxygen atoms in total. The van der Waals surface area contributed by atoms with Gasteiger partial charge in [-0.3, -0.25) is 4.79 Å². The molecule has 0 heterocycles. The van der Waals surface area contributed by atoms with E-state index in [-0.39, 0.29) is 0 Å². The molecular formula is C11H16O2. The molecule has 0 saturated heterocycles. The Hall–Kier alpha value is -0.810. The van der Waals surface area contributed by atoms with Crippen molar-refractivity contribution >= 4 is 5.78 Å². The predicted octanol–water partition coefficient (Wildman–Crippen LogP) is 1.93. The third-order valence-electron chi connectivity index (χ3n) is 2.31. The molecule has 0 bridgehead atoms. The lowest BCUT2D eigenvalue weighted by Crippen LogP contribution is -2.21. The third kappa shape index (κ3) is 4.10. The highest BCUT2D eigenvalue weighted by atomic mass is 16.5. The standard InChI is InChI=1S/C11H16O2/c1-2-3-4-9-13-11-7-5-10(12)6-8-11/h1,11H,3-9H2. The number of ketones is 1. The first kappa shape index (κ1) is 10.3. The van der Waals surface area contributed by atoms with Gasteiger partial charge in [-0.05, 0) is 19.3 Å². The minimum Gasteiger partial charge on any atom is -0.378 e. The van der Waals surface area contributed by atoms with Gasteiger partial charge in [0.2, 0.25) is 0 Å². The van der Waals surface area contributed by atoms with Crippen LogP contribution in [0.1, 0.15) is 38.5 Å². The molecule has 0 N–H and O–H groups in total. The van der Waals surface area contributed by atoms with Gasteiger partial charge in [0.05, 0.1) is 6.10 Å². The summed E-state index contributed by atoms with van der Waals surface area (Å²) in [7, 11) is 0. The second kappa shape index (κ2) is 5.77. The number of Topliss-reactive ketones (excluding diaryl/α,β-unsaturated/α-hetero) is 1. The maximum atomic E-state index is 10.9. The fourth-order valence-electron chi connectivity index (χ4n) is 1.50. The van der Waals surface area contributed by atoms with Crippen LogP contribution >= 0.6 is 0 Å². The number of ether oxygens (including phenoxy) is 1. The summed E-state index contributed by atoms with van der Waals surface area (Å²) in [6.07, 6.45) is 10.3. The maximum absolute atomic E-state index is 10.9. The van der Waals surface area contributed by atoms with Crippen molar-refractivity contribution in [3.8, 4) is 12.3 Å². The number of hydrogen-bond acceptors (Lipinski definition) is 2. The molecule has 0 aromatic carbocycles. The van der Waals surface area contributed by atoms with E-state index in [0.29, 0.717) is 24.7 Å². The molecule has 1 rings (SSSR count). The summed E-state index contributed by atoms with van der Waals surface area (Å²) in [5, 5.41) is 0. The second-order valence-corrected chi connectivity index (χ2v) is 3.42. The Morgan fingerprint density at radius 2 is 2.15 bits per heavy atom. The zero-order chi connectivity index (χ0) is 9.52. The number of terminal acetylenes is 1. The van der Waals surface area contributed by atoms with Gasteiger partial charge in [0.25, 0.3) is 0 Å². The largest absolute Gasteiger partial charge is 0.378 e. The molecule has 0 aromatic heterocycles. The van der Waals surface area contributed by atoms with Crippen LogP contribution in [-0.2, 0) is 9.53 Å². The van der Waals surface area contributed by atoms with E-state index < -0.39 is 0 Å². The van der Waals surface area contributed by atoms with Crippen LogP contribution in [0.15, 0.2) is 0 Å². The molecule has 0 aliphatic heterocycles. The monoisotopic (exact) mass is 180 g/mol. The van der Waals surface area contributed by atoms with Crippen molar-refractivity contribution in [1.29, 1.82) is 0 Å². The summed E-state index contributed by atoms with van der Waals surface area (Å²) in [4.78, 5) is 10.9. The molecular weight excluding hydrogens is 164 g/mol. The van der Waals surface area contributed by atoms with Crippen LogP contribution in [0.25, 0.3) is 0 Å². The maximum Gasteiger partial charge on any atom is 0.133 e. The van der Waals surface area contributed by atoms with E-state index in [1.54, 1.807) is 0 Å². The van der Waals surface area contributed by atoms with E-state index >= 15 is 0 Å². The normalized spacial score (nSPS) is 18.5. The van der Waals surface area contributed by atoms with Crippen LogP contribution < -0.4 is 0 Å².